The molecule has 0 spiro atoms. The number of carbonyl (C=O) groups excluding carboxylic acids is 1. The van der Waals surface area contributed by atoms with Gasteiger partial charge in [0.15, 0.2) is 0 Å². The zero-order valence-electron chi connectivity index (χ0n) is 12.8. The largest absolute Gasteiger partial charge is 0.481 e. The highest BCUT2D eigenvalue weighted by Gasteiger charge is 2.40. The SMILES string of the molecule is CCCN1C(=O)CCC(C(=O)O)C1c1cnn(C(C)C)c1. The van der Waals surface area contributed by atoms with E-state index in [1.54, 1.807) is 15.8 Å². The molecule has 0 saturated carbocycles. The highest BCUT2D eigenvalue weighted by atomic mass is 16.4. The van der Waals surface area contributed by atoms with Crippen LogP contribution in [0.4, 0.5) is 0 Å². The smallest absolute Gasteiger partial charge is 0.308 e. The molecule has 6 nitrogen and oxygen atoms in total. The van der Waals surface area contributed by atoms with Gasteiger partial charge in [-0.25, -0.2) is 0 Å². The van der Waals surface area contributed by atoms with Gasteiger partial charge in [-0.2, -0.15) is 5.10 Å². The zero-order valence-corrected chi connectivity index (χ0v) is 12.8. The van der Waals surface area contributed by atoms with Crippen LogP contribution in [0.5, 0.6) is 0 Å². The number of amides is 1. The van der Waals surface area contributed by atoms with Crippen molar-refractivity contribution < 1.29 is 14.7 Å². The lowest BCUT2D eigenvalue weighted by Crippen LogP contribution is -2.45. The minimum Gasteiger partial charge on any atom is -0.481 e. The van der Waals surface area contributed by atoms with Gasteiger partial charge in [0.1, 0.15) is 0 Å². The minimum atomic E-state index is -0.842. The average Bonchev–Trinajstić information content (AvgIpc) is 2.90. The Labute approximate surface area is 124 Å². The summed E-state index contributed by atoms with van der Waals surface area (Å²) in [6.45, 7) is 6.61. The lowest BCUT2D eigenvalue weighted by Gasteiger charge is -2.39. The maximum absolute atomic E-state index is 12.2. The van der Waals surface area contributed by atoms with Crippen molar-refractivity contribution in [3.63, 3.8) is 0 Å². The van der Waals surface area contributed by atoms with Crippen LogP contribution in [0, 0.1) is 5.92 Å². The zero-order chi connectivity index (χ0) is 15.6. The number of nitrogens with zero attached hydrogens (tertiary/aromatic N) is 3. The number of likely N-dealkylation sites (tertiary alicyclic amines) is 1. The summed E-state index contributed by atoms with van der Waals surface area (Å²) in [4.78, 5) is 25.5. The Balaban J connectivity index is 2.38. The van der Waals surface area contributed by atoms with Gasteiger partial charge in [0.2, 0.25) is 5.91 Å². The lowest BCUT2D eigenvalue weighted by molar-refractivity contribution is -0.152. The van der Waals surface area contributed by atoms with Gasteiger partial charge < -0.3 is 10.0 Å². The van der Waals surface area contributed by atoms with Crippen LogP contribution in [0.3, 0.4) is 0 Å². The van der Waals surface area contributed by atoms with E-state index in [0.29, 0.717) is 19.4 Å². The van der Waals surface area contributed by atoms with Crippen LogP contribution >= 0.6 is 0 Å². The van der Waals surface area contributed by atoms with E-state index in [1.165, 1.54) is 0 Å². The molecule has 2 atom stereocenters. The maximum atomic E-state index is 12.2. The van der Waals surface area contributed by atoms with E-state index in [9.17, 15) is 14.7 Å². The van der Waals surface area contributed by atoms with E-state index in [-0.39, 0.29) is 11.9 Å². The molecule has 1 amide bonds. The van der Waals surface area contributed by atoms with Crippen molar-refractivity contribution in [3.8, 4) is 0 Å². The van der Waals surface area contributed by atoms with E-state index in [1.807, 2.05) is 27.0 Å². The Kier molecular flexibility index (Phi) is 4.65. The number of carbonyl (C=O) groups is 2. The minimum absolute atomic E-state index is 0.0386. The van der Waals surface area contributed by atoms with Gasteiger partial charge in [0, 0.05) is 30.8 Å². The second-order valence-electron chi connectivity index (χ2n) is 5.86. The molecule has 0 aromatic carbocycles. The lowest BCUT2D eigenvalue weighted by atomic mass is 9.85. The van der Waals surface area contributed by atoms with Crippen molar-refractivity contribution in [1.82, 2.24) is 14.7 Å². The van der Waals surface area contributed by atoms with Crippen LogP contribution in [0.2, 0.25) is 0 Å². The van der Waals surface area contributed by atoms with E-state index in [2.05, 4.69) is 5.10 Å². The molecule has 1 aliphatic rings. The van der Waals surface area contributed by atoms with Crippen LogP contribution in [0.25, 0.3) is 0 Å². The first-order chi connectivity index (χ1) is 9.95. The van der Waals surface area contributed by atoms with Gasteiger partial charge in [-0.05, 0) is 26.7 Å². The third-order valence-electron chi connectivity index (χ3n) is 3.98. The Morgan fingerprint density at radius 3 is 2.76 bits per heavy atom. The van der Waals surface area contributed by atoms with Crippen molar-refractivity contribution in [1.29, 1.82) is 0 Å². The first-order valence-corrected chi connectivity index (χ1v) is 7.52. The van der Waals surface area contributed by atoms with Crippen LogP contribution in [0.15, 0.2) is 12.4 Å². The highest BCUT2D eigenvalue weighted by molar-refractivity contribution is 5.81. The average molecular weight is 293 g/mol. The summed E-state index contributed by atoms with van der Waals surface area (Å²) in [6, 6.07) is -0.197. The second-order valence-corrected chi connectivity index (χ2v) is 5.86. The summed E-state index contributed by atoms with van der Waals surface area (Å²) in [5.41, 5.74) is 0.817. The van der Waals surface area contributed by atoms with E-state index in [0.717, 1.165) is 12.0 Å². The summed E-state index contributed by atoms with van der Waals surface area (Å²) >= 11 is 0. The molecule has 0 radical (unpaired) electrons. The van der Waals surface area contributed by atoms with E-state index >= 15 is 0 Å². The molecule has 116 valence electrons. The third kappa shape index (κ3) is 3.09. The Bertz CT molecular complexity index is 524. The molecular formula is C15H23N3O3. The van der Waals surface area contributed by atoms with Gasteiger partial charge in [-0.15, -0.1) is 0 Å². The Hall–Kier alpha value is -1.85. The second kappa shape index (κ2) is 6.28. The predicted octanol–water partition coefficient (Wildman–Crippen LogP) is 2.24. The fourth-order valence-electron chi connectivity index (χ4n) is 2.92. The van der Waals surface area contributed by atoms with E-state index in [4.69, 9.17) is 0 Å². The van der Waals surface area contributed by atoms with Crippen LogP contribution in [0.1, 0.15) is 57.7 Å². The number of aromatic nitrogens is 2. The summed E-state index contributed by atoms with van der Waals surface area (Å²) < 4.78 is 1.80. The van der Waals surface area contributed by atoms with Gasteiger partial charge in [-0.3, -0.25) is 14.3 Å². The molecule has 21 heavy (non-hydrogen) atoms. The molecule has 1 fully saturated rings. The molecule has 1 aromatic heterocycles. The maximum Gasteiger partial charge on any atom is 0.308 e. The summed E-state index contributed by atoms with van der Waals surface area (Å²) in [7, 11) is 0. The first kappa shape index (κ1) is 15.5. The molecule has 0 aliphatic carbocycles. The van der Waals surface area contributed by atoms with Gasteiger partial charge in [0.05, 0.1) is 18.2 Å². The monoisotopic (exact) mass is 293 g/mol. The van der Waals surface area contributed by atoms with Gasteiger partial charge in [0.25, 0.3) is 0 Å². The number of hydrogen-bond acceptors (Lipinski definition) is 3. The summed E-state index contributed by atoms with van der Waals surface area (Å²) in [6.07, 6.45) is 5.08. The molecule has 1 saturated heterocycles. The Morgan fingerprint density at radius 2 is 2.24 bits per heavy atom. The summed E-state index contributed by atoms with van der Waals surface area (Å²) in [5.74, 6) is -1.36. The molecule has 1 aliphatic heterocycles. The van der Waals surface area contributed by atoms with Gasteiger partial charge >= 0.3 is 5.97 Å². The first-order valence-electron chi connectivity index (χ1n) is 7.52. The molecular weight excluding hydrogens is 270 g/mol. The van der Waals surface area contributed by atoms with Crippen LogP contribution < -0.4 is 0 Å². The standard InChI is InChI=1S/C15H23N3O3/c1-4-7-17-13(19)6-5-12(15(20)21)14(17)11-8-16-18(9-11)10(2)3/h8-10,12,14H,4-7H2,1-3H3,(H,20,21). The molecule has 2 heterocycles. The number of carboxylic acid groups (broad SMARTS) is 1. The van der Waals surface area contributed by atoms with Crippen molar-refractivity contribution in [2.45, 2.75) is 52.1 Å². The molecule has 0 bridgehead atoms. The molecule has 6 heteroatoms. The molecule has 2 rings (SSSR count). The molecule has 1 N–H and O–H groups in total. The van der Waals surface area contributed by atoms with Crippen molar-refractivity contribution in [3.05, 3.63) is 18.0 Å². The van der Waals surface area contributed by atoms with Gasteiger partial charge in [-0.1, -0.05) is 6.92 Å². The number of aliphatic carboxylic acids is 1. The van der Waals surface area contributed by atoms with E-state index < -0.39 is 17.9 Å². The van der Waals surface area contributed by atoms with Crippen molar-refractivity contribution in [2.24, 2.45) is 5.92 Å². The fourth-order valence-corrected chi connectivity index (χ4v) is 2.92. The topological polar surface area (TPSA) is 75.4 Å². The van der Waals surface area contributed by atoms with Crippen molar-refractivity contribution in [2.75, 3.05) is 6.54 Å². The molecule has 2 unspecified atom stereocenters. The number of carboxylic acids is 1. The number of rotatable bonds is 5. The summed E-state index contributed by atoms with van der Waals surface area (Å²) in [5, 5.41) is 13.8. The fraction of sp³-hybridized carbons (Fsp3) is 0.667. The predicted molar refractivity (Wildman–Crippen MR) is 77.7 cm³/mol. The molecule has 1 aromatic rings. The van der Waals surface area contributed by atoms with Crippen LogP contribution in [-0.4, -0.2) is 38.2 Å². The highest BCUT2D eigenvalue weighted by Crippen LogP contribution is 2.37. The Morgan fingerprint density at radius 1 is 1.52 bits per heavy atom. The third-order valence-corrected chi connectivity index (χ3v) is 3.98. The quantitative estimate of drug-likeness (QED) is 0.903. The number of piperidine rings is 1. The van der Waals surface area contributed by atoms with Crippen LogP contribution in [-0.2, 0) is 9.59 Å². The van der Waals surface area contributed by atoms with Crippen molar-refractivity contribution >= 4 is 11.9 Å². The normalized spacial score (nSPS) is 22.9. The number of hydrogen-bond donors (Lipinski definition) is 1.